The Hall–Kier alpha value is -1.89. The lowest BCUT2D eigenvalue weighted by molar-refractivity contribution is -0.145. The van der Waals surface area contributed by atoms with E-state index in [0.717, 1.165) is 5.56 Å². The highest BCUT2D eigenvalue weighted by molar-refractivity contribution is 7.92. The second-order valence-electron chi connectivity index (χ2n) is 6.41. The predicted molar refractivity (Wildman–Crippen MR) is 89.4 cm³/mol. The summed E-state index contributed by atoms with van der Waals surface area (Å²) in [6.07, 6.45) is 1.15. The fraction of sp³-hybridized carbons (Fsp3) is 0.529. The number of nitrogens with zero attached hydrogens (tertiary/aromatic N) is 1. The van der Waals surface area contributed by atoms with Gasteiger partial charge < -0.3 is 10.0 Å². The first-order valence-electron chi connectivity index (χ1n) is 8.05. The Morgan fingerprint density at radius 2 is 1.71 bits per heavy atom. The second-order valence-corrected chi connectivity index (χ2v) is 8.91. The first-order valence-corrected chi connectivity index (χ1v) is 9.60. The molecule has 132 valence electrons. The SMILES string of the molecule is CC(C)S(=O)(=O)c1ccc(CC(=O)N2CCC(C(=O)O)CC2)cc1. The fourth-order valence-electron chi connectivity index (χ4n) is 2.73. The fourth-order valence-corrected chi connectivity index (χ4v) is 3.79. The van der Waals surface area contributed by atoms with Crippen LogP contribution in [0.5, 0.6) is 0 Å². The van der Waals surface area contributed by atoms with Crippen LogP contribution in [0.15, 0.2) is 29.2 Å². The number of carbonyl (C=O) groups is 2. The van der Waals surface area contributed by atoms with E-state index < -0.39 is 21.1 Å². The number of benzene rings is 1. The molecule has 7 heteroatoms. The molecule has 1 saturated heterocycles. The van der Waals surface area contributed by atoms with Crippen molar-refractivity contribution in [1.82, 2.24) is 4.90 Å². The van der Waals surface area contributed by atoms with E-state index in [9.17, 15) is 18.0 Å². The Bertz CT molecular complexity index is 701. The lowest BCUT2D eigenvalue weighted by atomic mass is 9.96. The van der Waals surface area contributed by atoms with Crippen molar-refractivity contribution in [1.29, 1.82) is 0 Å². The lowest BCUT2D eigenvalue weighted by Crippen LogP contribution is -2.40. The molecule has 1 fully saturated rings. The predicted octanol–water partition coefficient (Wildman–Crippen LogP) is 1.73. The number of hydrogen-bond acceptors (Lipinski definition) is 4. The Balaban J connectivity index is 1.97. The van der Waals surface area contributed by atoms with Crippen molar-refractivity contribution in [3.8, 4) is 0 Å². The maximum atomic E-state index is 12.3. The van der Waals surface area contributed by atoms with Crippen LogP contribution in [0.25, 0.3) is 0 Å². The number of piperidine rings is 1. The minimum Gasteiger partial charge on any atom is -0.481 e. The number of amides is 1. The van der Waals surface area contributed by atoms with Crippen LogP contribution in [0, 0.1) is 5.92 Å². The average molecular weight is 353 g/mol. The molecule has 1 heterocycles. The van der Waals surface area contributed by atoms with Crippen LogP contribution >= 0.6 is 0 Å². The Kier molecular flexibility index (Phi) is 5.64. The van der Waals surface area contributed by atoms with Crippen LogP contribution in [0.1, 0.15) is 32.3 Å². The van der Waals surface area contributed by atoms with Gasteiger partial charge in [0, 0.05) is 13.1 Å². The van der Waals surface area contributed by atoms with Gasteiger partial charge in [-0.3, -0.25) is 9.59 Å². The van der Waals surface area contributed by atoms with E-state index in [1.807, 2.05) is 0 Å². The molecule has 0 saturated carbocycles. The molecular formula is C17H23NO5S. The summed E-state index contributed by atoms with van der Waals surface area (Å²) >= 11 is 0. The molecule has 1 aromatic rings. The van der Waals surface area contributed by atoms with Gasteiger partial charge in [-0.25, -0.2) is 8.42 Å². The van der Waals surface area contributed by atoms with Crippen molar-refractivity contribution < 1.29 is 23.1 Å². The molecule has 0 bridgehead atoms. The van der Waals surface area contributed by atoms with Crippen LogP contribution in [0.4, 0.5) is 0 Å². The highest BCUT2D eigenvalue weighted by atomic mass is 32.2. The number of carboxylic acid groups (broad SMARTS) is 1. The number of sulfone groups is 1. The second kappa shape index (κ2) is 7.34. The number of carbonyl (C=O) groups excluding carboxylic acids is 1. The number of carboxylic acids is 1. The van der Waals surface area contributed by atoms with Gasteiger partial charge in [-0.05, 0) is 44.4 Å². The van der Waals surface area contributed by atoms with Gasteiger partial charge in [0.2, 0.25) is 5.91 Å². The highest BCUT2D eigenvalue weighted by Gasteiger charge is 2.27. The maximum absolute atomic E-state index is 12.3. The molecular weight excluding hydrogens is 330 g/mol. The minimum absolute atomic E-state index is 0.0571. The van der Waals surface area contributed by atoms with E-state index in [1.54, 1.807) is 30.9 Å². The summed E-state index contributed by atoms with van der Waals surface area (Å²) in [5, 5.41) is 8.49. The van der Waals surface area contributed by atoms with Crippen LogP contribution in [-0.4, -0.2) is 48.6 Å². The molecule has 6 nitrogen and oxygen atoms in total. The van der Waals surface area contributed by atoms with Crippen LogP contribution in [-0.2, 0) is 25.8 Å². The molecule has 1 aliphatic rings. The zero-order chi connectivity index (χ0) is 17.9. The summed E-state index contributed by atoms with van der Waals surface area (Å²) in [6, 6.07) is 6.40. The Labute approximate surface area is 142 Å². The topological polar surface area (TPSA) is 91.8 Å². The smallest absolute Gasteiger partial charge is 0.306 e. The van der Waals surface area contributed by atoms with E-state index in [-0.39, 0.29) is 23.1 Å². The quantitative estimate of drug-likeness (QED) is 0.870. The van der Waals surface area contributed by atoms with Crippen molar-refractivity contribution in [3.63, 3.8) is 0 Å². The molecule has 1 aliphatic heterocycles. The standard InChI is InChI=1S/C17H23NO5S/c1-12(2)24(22,23)15-5-3-13(4-6-15)11-16(19)18-9-7-14(8-10-18)17(20)21/h3-6,12,14H,7-11H2,1-2H3,(H,20,21). The normalized spacial score (nSPS) is 16.4. The maximum Gasteiger partial charge on any atom is 0.306 e. The molecule has 0 unspecified atom stereocenters. The number of aliphatic carboxylic acids is 1. The van der Waals surface area contributed by atoms with Gasteiger partial charge in [0.05, 0.1) is 22.5 Å². The highest BCUT2D eigenvalue weighted by Crippen LogP contribution is 2.20. The van der Waals surface area contributed by atoms with Crippen molar-refractivity contribution in [2.75, 3.05) is 13.1 Å². The molecule has 0 radical (unpaired) electrons. The summed E-state index contributed by atoms with van der Waals surface area (Å²) in [7, 11) is -3.31. The number of likely N-dealkylation sites (tertiary alicyclic amines) is 1. The first kappa shape index (κ1) is 18.4. The van der Waals surface area contributed by atoms with E-state index in [2.05, 4.69) is 0 Å². The van der Waals surface area contributed by atoms with E-state index in [0.29, 0.717) is 25.9 Å². The van der Waals surface area contributed by atoms with E-state index in [1.165, 1.54) is 12.1 Å². The molecule has 2 rings (SSSR count). The lowest BCUT2D eigenvalue weighted by Gasteiger charge is -2.30. The third-order valence-electron chi connectivity index (χ3n) is 4.42. The van der Waals surface area contributed by atoms with E-state index in [4.69, 9.17) is 5.11 Å². The summed E-state index contributed by atoms with van der Waals surface area (Å²) < 4.78 is 24.2. The molecule has 1 amide bonds. The zero-order valence-corrected chi connectivity index (χ0v) is 14.8. The van der Waals surface area contributed by atoms with E-state index >= 15 is 0 Å². The number of hydrogen-bond donors (Lipinski definition) is 1. The zero-order valence-electron chi connectivity index (χ0n) is 13.9. The van der Waals surface area contributed by atoms with Crippen molar-refractivity contribution in [3.05, 3.63) is 29.8 Å². The Morgan fingerprint density at radius 1 is 1.17 bits per heavy atom. The van der Waals surface area contributed by atoms with Crippen molar-refractivity contribution >= 4 is 21.7 Å². The minimum atomic E-state index is -3.31. The van der Waals surface area contributed by atoms with Crippen molar-refractivity contribution in [2.24, 2.45) is 5.92 Å². The molecule has 0 aromatic heterocycles. The van der Waals surface area contributed by atoms with Gasteiger partial charge in [-0.2, -0.15) is 0 Å². The van der Waals surface area contributed by atoms with Gasteiger partial charge in [-0.1, -0.05) is 12.1 Å². The summed E-state index contributed by atoms with van der Waals surface area (Å²) in [5.74, 6) is -1.23. The monoisotopic (exact) mass is 353 g/mol. The molecule has 1 aromatic carbocycles. The first-order chi connectivity index (χ1) is 11.2. The van der Waals surface area contributed by atoms with Gasteiger partial charge in [-0.15, -0.1) is 0 Å². The molecule has 0 spiro atoms. The Morgan fingerprint density at radius 3 is 2.17 bits per heavy atom. The van der Waals surface area contributed by atoms with Gasteiger partial charge in [0.25, 0.3) is 0 Å². The number of rotatable bonds is 5. The third kappa shape index (κ3) is 4.14. The summed E-state index contributed by atoms with van der Waals surface area (Å²) in [4.78, 5) is 25.2. The van der Waals surface area contributed by atoms with Crippen molar-refractivity contribution in [2.45, 2.75) is 43.3 Å². The van der Waals surface area contributed by atoms with Crippen LogP contribution < -0.4 is 0 Å². The average Bonchev–Trinajstić information content (AvgIpc) is 2.55. The molecule has 0 atom stereocenters. The van der Waals surface area contributed by atoms with Gasteiger partial charge in [0.15, 0.2) is 9.84 Å². The van der Waals surface area contributed by atoms with Crippen LogP contribution in [0.2, 0.25) is 0 Å². The summed E-state index contributed by atoms with van der Waals surface area (Å²) in [5.41, 5.74) is 0.753. The van der Waals surface area contributed by atoms with Gasteiger partial charge in [0.1, 0.15) is 0 Å². The molecule has 24 heavy (non-hydrogen) atoms. The largest absolute Gasteiger partial charge is 0.481 e. The molecule has 0 aliphatic carbocycles. The summed E-state index contributed by atoms with van der Waals surface area (Å²) in [6.45, 7) is 4.17. The molecule has 1 N–H and O–H groups in total. The van der Waals surface area contributed by atoms with Gasteiger partial charge >= 0.3 is 5.97 Å². The third-order valence-corrected chi connectivity index (χ3v) is 6.60. The van der Waals surface area contributed by atoms with Crippen LogP contribution in [0.3, 0.4) is 0 Å².